The van der Waals surface area contributed by atoms with Crippen molar-refractivity contribution in [1.29, 1.82) is 0 Å². The van der Waals surface area contributed by atoms with Gasteiger partial charge < -0.3 is 11.1 Å². The van der Waals surface area contributed by atoms with Crippen LogP contribution in [0.15, 0.2) is 18.2 Å². The number of carbonyl (C=O) groups is 1. The first-order valence-electron chi connectivity index (χ1n) is 7.31. The summed E-state index contributed by atoms with van der Waals surface area (Å²) in [5.41, 5.74) is 6.94. The summed E-state index contributed by atoms with van der Waals surface area (Å²) in [6.07, 6.45) is 0. The van der Waals surface area contributed by atoms with Gasteiger partial charge in [0.05, 0.1) is 17.9 Å². The van der Waals surface area contributed by atoms with Crippen LogP contribution in [0.1, 0.15) is 13.8 Å². The molecule has 1 atom stereocenters. The van der Waals surface area contributed by atoms with E-state index in [2.05, 4.69) is 29.0 Å². The number of nitrogen functional groups attached to an aromatic ring is 1. The minimum atomic E-state index is -0.0406. The first-order valence-corrected chi connectivity index (χ1v) is 7.68. The van der Waals surface area contributed by atoms with Gasteiger partial charge in [0.2, 0.25) is 5.91 Å². The number of nitrogens with zero attached hydrogens (tertiary/aromatic N) is 2. The number of piperazine rings is 1. The van der Waals surface area contributed by atoms with Crippen molar-refractivity contribution < 1.29 is 4.79 Å². The van der Waals surface area contributed by atoms with E-state index < -0.39 is 0 Å². The van der Waals surface area contributed by atoms with Crippen molar-refractivity contribution in [3.8, 4) is 0 Å². The molecular weight excluding hydrogens is 288 g/mol. The van der Waals surface area contributed by atoms with Crippen LogP contribution in [0.4, 0.5) is 11.4 Å². The summed E-state index contributed by atoms with van der Waals surface area (Å²) in [6, 6.07) is 5.57. The molecule has 1 amide bonds. The van der Waals surface area contributed by atoms with Crippen molar-refractivity contribution in [2.75, 3.05) is 43.8 Å². The SMILES string of the molecule is CCN1CCN(CC(=O)Nc2ccc(Cl)cc2N)CC1C. The van der Waals surface area contributed by atoms with Crippen LogP contribution in [0.5, 0.6) is 0 Å². The second-order valence-electron chi connectivity index (χ2n) is 5.49. The highest BCUT2D eigenvalue weighted by atomic mass is 35.5. The fourth-order valence-electron chi connectivity index (χ4n) is 2.72. The molecule has 0 aliphatic carbocycles. The maximum atomic E-state index is 12.1. The monoisotopic (exact) mass is 310 g/mol. The van der Waals surface area contributed by atoms with E-state index in [-0.39, 0.29) is 5.91 Å². The van der Waals surface area contributed by atoms with E-state index in [0.29, 0.717) is 29.0 Å². The number of hydrogen-bond donors (Lipinski definition) is 2. The van der Waals surface area contributed by atoms with E-state index in [1.54, 1.807) is 18.2 Å². The van der Waals surface area contributed by atoms with Crippen LogP contribution in [0.2, 0.25) is 5.02 Å². The molecule has 6 heteroatoms. The maximum Gasteiger partial charge on any atom is 0.238 e. The summed E-state index contributed by atoms with van der Waals surface area (Å²) >= 11 is 5.85. The number of amides is 1. The molecule has 3 N–H and O–H groups in total. The molecule has 1 unspecified atom stereocenters. The molecule has 116 valence electrons. The molecule has 1 heterocycles. The van der Waals surface area contributed by atoms with Crippen molar-refractivity contribution in [2.45, 2.75) is 19.9 Å². The second kappa shape index (κ2) is 7.11. The topological polar surface area (TPSA) is 61.6 Å². The molecule has 0 saturated carbocycles. The highest BCUT2D eigenvalue weighted by Crippen LogP contribution is 2.22. The Kier molecular flexibility index (Phi) is 5.45. The van der Waals surface area contributed by atoms with Crippen LogP contribution in [0.25, 0.3) is 0 Å². The number of nitrogens with one attached hydrogen (secondary N) is 1. The molecule has 2 rings (SSSR count). The van der Waals surface area contributed by atoms with E-state index in [1.807, 2.05) is 0 Å². The fourth-order valence-corrected chi connectivity index (χ4v) is 2.90. The van der Waals surface area contributed by atoms with Gasteiger partial charge >= 0.3 is 0 Å². The number of rotatable bonds is 4. The Balaban J connectivity index is 1.87. The minimum Gasteiger partial charge on any atom is -0.397 e. The van der Waals surface area contributed by atoms with Crippen LogP contribution in [0.3, 0.4) is 0 Å². The average Bonchev–Trinajstić information content (AvgIpc) is 2.42. The molecule has 21 heavy (non-hydrogen) atoms. The first kappa shape index (κ1) is 16.1. The van der Waals surface area contributed by atoms with Crippen LogP contribution in [-0.2, 0) is 4.79 Å². The van der Waals surface area contributed by atoms with Gasteiger partial charge in [-0.15, -0.1) is 0 Å². The maximum absolute atomic E-state index is 12.1. The number of hydrogen-bond acceptors (Lipinski definition) is 4. The van der Waals surface area contributed by atoms with E-state index in [4.69, 9.17) is 17.3 Å². The number of anilines is 2. The van der Waals surface area contributed by atoms with Gasteiger partial charge in [0.1, 0.15) is 0 Å². The van der Waals surface area contributed by atoms with E-state index in [1.165, 1.54) is 0 Å². The largest absolute Gasteiger partial charge is 0.397 e. The molecule has 0 bridgehead atoms. The van der Waals surface area contributed by atoms with E-state index in [0.717, 1.165) is 26.2 Å². The lowest BCUT2D eigenvalue weighted by Gasteiger charge is -2.38. The predicted molar refractivity (Wildman–Crippen MR) is 87.6 cm³/mol. The number of halogens is 1. The smallest absolute Gasteiger partial charge is 0.238 e. The van der Waals surface area contributed by atoms with Crippen molar-refractivity contribution in [3.63, 3.8) is 0 Å². The highest BCUT2D eigenvalue weighted by molar-refractivity contribution is 6.31. The van der Waals surface area contributed by atoms with Gasteiger partial charge in [0.25, 0.3) is 0 Å². The zero-order valence-electron chi connectivity index (χ0n) is 12.6. The third-order valence-electron chi connectivity index (χ3n) is 3.91. The molecule has 1 saturated heterocycles. The Labute approximate surface area is 131 Å². The fraction of sp³-hybridized carbons (Fsp3) is 0.533. The van der Waals surface area contributed by atoms with Gasteiger partial charge in [-0.3, -0.25) is 14.6 Å². The van der Waals surface area contributed by atoms with Gasteiger partial charge in [-0.25, -0.2) is 0 Å². The number of nitrogens with two attached hydrogens (primary N) is 1. The summed E-state index contributed by atoms with van der Waals surface area (Å²) < 4.78 is 0. The third-order valence-corrected chi connectivity index (χ3v) is 4.15. The summed E-state index contributed by atoms with van der Waals surface area (Å²) in [4.78, 5) is 16.7. The van der Waals surface area contributed by atoms with Crippen LogP contribution >= 0.6 is 11.6 Å². The second-order valence-corrected chi connectivity index (χ2v) is 5.93. The lowest BCUT2D eigenvalue weighted by atomic mass is 10.2. The molecule has 1 aliphatic rings. The van der Waals surface area contributed by atoms with Gasteiger partial charge in [-0.1, -0.05) is 18.5 Å². The van der Waals surface area contributed by atoms with Gasteiger partial charge in [0, 0.05) is 30.7 Å². The quantitative estimate of drug-likeness (QED) is 0.834. The van der Waals surface area contributed by atoms with Crippen LogP contribution < -0.4 is 11.1 Å². The van der Waals surface area contributed by atoms with Crippen molar-refractivity contribution >= 4 is 28.9 Å². The lowest BCUT2D eigenvalue weighted by molar-refractivity contribution is -0.118. The zero-order chi connectivity index (χ0) is 15.4. The van der Waals surface area contributed by atoms with Crippen LogP contribution in [0, 0.1) is 0 Å². The lowest BCUT2D eigenvalue weighted by Crippen LogP contribution is -2.53. The van der Waals surface area contributed by atoms with Crippen molar-refractivity contribution in [1.82, 2.24) is 9.80 Å². The van der Waals surface area contributed by atoms with Crippen molar-refractivity contribution in [2.24, 2.45) is 0 Å². The molecule has 0 radical (unpaired) electrons. The average molecular weight is 311 g/mol. The Morgan fingerprint density at radius 3 is 2.86 bits per heavy atom. The van der Waals surface area contributed by atoms with Crippen LogP contribution in [-0.4, -0.2) is 54.5 Å². The molecule has 1 aliphatic heterocycles. The Bertz CT molecular complexity index is 508. The summed E-state index contributed by atoms with van der Waals surface area (Å²) in [5.74, 6) is -0.0406. The normalized spacial score (nSPS) is 20.4. The third kappa shape index (κ3) is 4.33. The number of benzene rings is 1. The summed E-state index contributed by atoms with van der Waals surface area (Å²) in [6.45, 7) is 8.66. The molecule has 1 aromatic rings. The molecule has 1 aromatic carbocycles. The van der Waals surface area contributed by atoms with Crippen molar-refractivity contribution in [3.05, 3.63) is 23.2 Å². The molecule has 1 fully saturated rings. The highest BCUT2D eigenvalue weighted by Gasteiger charge is 2.23. The minimum absolute atomic E-state index is 0.0406. The summed E-state index contributed by atoms with van der Waals surface area (Å²) in [7, 11) is 0. The van der Waals surface area contributed by atoms with E-state index >= 15 is 0 Å². The van der Waals surface area contributed by atoms with Gasteiger partial charge in [-0.05, 0) is 31.7 Å². The zero-order valence-corrected chi connectivity index (χ0v) is 13.4. The molecule has 0 aromatic heterocycles. The Hall–Kier alpha value is -1.30. The standard InChI is InChI=1S/C15H23ClN4O/c1-3-20-7-6-19(9-11(20)2)10-15(21)18-14-5-4-12(16)8-13(14)17/h4-5,8,11H,3,6-7,9-10,17H2,1-2H3,(H,18,21). The molecule has 5 nitrogen and oxygen atoms in total. The Morgan fingerprint density at radius 1 is 1.48 bits per heavy atom. The Morgan fingerprint density at radius 2 is 2.24 bits per heavy atom. The van der Waals surface area contributed by atoms with E-state index in [9.17, 15) is 4.79 Å². The van der Waals surface area contributed by atoms with Gasteiger partial charge in [0.15, 0.2) is 0 Å². The molecule has 0 spiro atoms. The number of carbonyl (C=O) groups excluding carboxylic acids is 1. The predicted octanol–water partition coefficient (Wildman–Crippen LogP) is 1.89. The molecular formula is C15H23ClN4O. The summed E-state index contributed by atoms with van der Waals surface area (Å²) in [5, 5.41) is 3.41. The van der Waals surface area contributed by atoms with Gasteiger partial charge in [-0.2, -0.15) is 0 Å². The first-order chi connectivity index (χ1) is 9.99. The number of likely N-dealkylation sites (N-methyl/N-ethyl adjacent to an activating group) is 1.